The first kappa shape index (κ1) is 15.7. The van der Waals surface area contributed by atoms with E-state index in [1.807, 2.05) is 0 Å². The molecule has 1 aromatic heterocycles. The van der Waals surface area contributed by atoms with Gasteiger partial charge in [0.15, 0.2) is 5.82 Å². The third-order valence-corrected chi connectivity index (χ3v) is 5.54. The second-order valence-electron chi connectivity index (χ2n) is 6.96. The fraction of sp³-hybridized carbons (Fsp3) is 0.706. The molecule has 0 N–H and O–H groups in total. The summed E-state index contributed by atoms with van der Waals surface area (Å²) in [5, 5.41) is 0. The highest BCUT2D eigenvalue weighted by atomic mass is 19.1. The van der Waals surface area contributed by atoms with Crippen molar-refractivity contribution >= 4 is 11.9 Å². The standard InChI is InChI=1S/C17H23FN4O2/c18-13-9-19-17(20-10-13)21-6-3-15-14(21)1-2-16(23)22(15)11-12-4-7-24-8-5-12/h9-10,12,14-15H,1-8,11H2/t14-,15-/m0/s1. The van der Waals surface area contributed by atoms with E-state index >= 15 is 0 Å². The SMILES string of the molecule is O=C1CC[C@H]2[C@H](CCN2c2ncc(F)cn2)N1CC1CCOCC1. The van der Waals surface area contributed by atoms with Gasteiger partial charge in [0.05, 0.1) is 24.5 Å². The second kappa shape index (κ2) is 6.63. The van der Waals surface area contributed by atoms with Gasteiger partial charge in [0.2, 0.25) is 11.9 Å². The molecule has 3 fully saturated rings. The maximum atomic E-state index is 13.1. The zero-order chi connectivity index (χ0) is 16.5. The average molecular weight is 334 g/mol. The highest BCUT2D eigenvalue weighted by molar-refractivity contribution is 5.78. The number of carbonyl (C=O) groups excluding carboxylic acids is 1. The van der Waals surface area contributed by atoms with Crippen molar-refractivity contribution in [3.8, 4) is 0 Å². The van der Waals surface area contributed by atoms with Gasteiger partial charge < -0.3 is 14.5 Å². The molecular formula is C17H23FN4O2. The largest absolute Gasteiger partial charge is 0.381 e. The van der Waals surface area contributed by atoms with Crippen molar-refractivity contribution in [3.05, 3.63) is 18.2 Å². The van der Waals surface area contributed by atoms with E-state index in [1.54, 1.807) is 0 Å². The number of aromatic nitrogens is 2. The first-order valence-corrected chi connectivity index (χ1v) is 8.84. The molecule has 0 saturated carbocycles. The molecule has 2 atom stereocenters. The molecule has 7 heteroatoms. The van der Waals surface area contributed by atoms with Crippen molar-refractivity contribution in [2.75, 3.05) is 31.2 Å². The molecular weight excluding hydrogens is 311 g/mol. The molecule has 130 valence electrons. The van der Waals surface area contributed by atoms with Crippen molar-refractivity contribution in [2.45, 2.75) is 44.2 Å². The summed E-state index contributed by atoms with van der Waals surface area (Å²) in [5.41, 5.74) is 0. The molecule has 4 heterocycles. The van der Waals surface area contributed by atoms with Gasteiger partial charge in [-0.3, -0.25) is 4.79 Å². The Labute approximate surface area is 141 Å². The van der Waals surface area contributed by atoms with Crippen LogP contribution < -0.4 is 4.90 Å². The van der Waals surface area contributed by atoms with Gasteiger partial charge in [-0.25, -0.2) is 14.4 Å². The van der Waals surface area contributed by atoms with Crippen molar-refractivity contribution in [2.24, 2.45) is 5.92 Å². The molecule has 6 nitrogen and oxygen atoms in total. The van der Waals surface area contributed by atoms with Crippen LogP contribution in [0.2, 0.25) is 0 Å². The lowest BCUT2D eigenvalue weighted by molar-refractivity contribution is -0.137. The molecule has 4 rings (SSSR count). The Morgan fingerprint density at radius 2 is 1.88 bits per heavy atom. The van der Waals surface area contributed by atoms with Crippen LogP contribution in [0.5, 0.6) is 0 Å². The van der Waals surface area contributed by atoms with Crippen LogP contribution in [0.15, 0.2) is 12.4 Å². The lowest BCUT2D eigenvalue weighted by Crippen LogP contribution is -2.54. The average Bonchev–Trinajstić information content (AvgIpc) is 3.03. The Kier molecular flexibility index (Phi) is 4.35. The van der Waals surface area contributed by atoms with E-state index in [1.165, 1.54) is 12.4 Å². The maximum absolute atomic E-state index is 13.1. The number of anilines is 1. The van der Waals surface area contributed by atoms with E-state index in [0.29, 0.717) is 18.3 Å². The van der Waals surface area contributed by atoms with Gasteiger partial charge in [-0.2, -0.15) is 0 Å². The number of likely N-dealkylation sites (tertiary alicyclic amines) is 1. The Hall–Kier alpha value is -1.76. The molecule has 3 aliphatic heterocycles. The number of halogens is 1. The van der Waals surface area contributed by atoms with Crippen LogP contribution in [0.1, 0.15) is 32.1 Å². The zero-order valence-electron chi connectivity index (χ0n) is 13.7. The molecule has 0 spiro atoms. The first-order valence-electron chi connectivity index (χ1n) is 8.84. The molecule has 0 radical (unpaired) electrons. The minimum absolute atomic E-state index is 0.225. The fourth-order valence-corrected chi connectivity index (χ4v) is 4.30. The van der Waals surface area contributed by atoms with Crippen LogP contribution in [0.3, 0.4) is 0 Å². The molecule has 3 aliphatic rings. The van der Waals surface area contributed by atoms with Crippen LogP contribution in [0, 0.1) is 11.7 Å². The van der Waals surface area contributed by atoms with E-state index in [-0.39, 0.29) is 18.0 Å². The summed E-state index contributed by atoms with van der Waals surface area (Å²) in [7, 11) is 0. The minimum Gasteiger partial charge on any atom is -0.381 e. The number of hydrogen-bond donors (Lipinski definition) is 0. The quantitative estimate of drug-likeness (QED) is 0.841. The van der Waals surface area contributed by atoms with E-state index in [4.69, 9.17) is 4.74 Å². The molecule has 1 aromatic rings. The van der Waals surface area contributed by atoms with Gasteiger partial charge in [-0.1, -0.05) is 0 Å². The fourth-order valence-electron chi connectivity index (χ4n) is 4.30. The number of piperidine rings is 1. The summed E-state index contributed by atoms with van der Waals surface area (Å²) in [5.74, 6) is 0.959. The van der Waals surface area contributed by atoms with E-state index in [9.17, 15) is 9.18 Å². The van der Waals surface area contributed by atoms with Gasteiger partial charge >= 0.3 is 0 Å². The Balaban J connectivity index is 1.49. The lowest BCUT2D eigenvalue weighted by Gasteiger charge is -2.41. The van der Waals surface area contributed by atoms with E-state index in [0.717, 1.165) is 52.0 Å². The lowest BCUT2D eigenvalue weighted by atomic mass is 9.92. The summed E-state index contributed by atoms with van der Waals surface area (Å²) in [6.07, 6.45) is 6.82. The Bertz CT molecular complexity index is 591. The van der Waals surface area contributed by atoms with E-state index in [2.05, 4.69) is 19.8 Å². The van der Waals surface area contributed by atoms with Crippen molar-refractivity contribution in [3.63, 3.8) is 0 Å². The molecule has 0 bridgehead atoms. The molecule has 0 aromatic carbocycles. The number of nitrogens with zero attached hydrogens (tertiary/aromatic N) is 4. The number of carbonyl (C=O) groups is 1. The van der Waals surface area contributed by atoms with Gasteiger partial charge in [-0.15, -0.1) is 0 Å². The number of ether oxygens (including phenoxy) is 1. The summed E-state index contributed by atoms with van der Waals surface area (Å²) < 4.78 is 18.5. The van der Waals surface area contributed by atoms with Crippen LogP contribution in [0.4, 0.5) is 10.3 Å². The topological polar surface area (TPSA) is 58.6 Å². The van der Waals surface area contributed by atoms with Crippen LogP contribution in [0.25, 0.3) is 0 Å². The van der Waals surface area contributed by atoms with Crippen molar-refractivity contribution < 1.29 is 13.9 Å². The zero-order valence-corrected chi connectivity index (χ0v) is 13.7. The van der Waals surface area contributed by atoms with Crippen LogP contribution in [-0.2, 0) is 9.53 Å². The van der Waals surface area contributed by atoms with Gasteiger partial charge in [0, 0.05) is 32.7 Å². The molecule has 24 heavy (non-hydrogen) atoms. The summed E-state index contributed by atoms with van der Waals surface area (Å²) in [6.45, 7) is 3.26. The third-order valence-electron chi connectivity index (χ3n) is 5.54. The number of hydrogen-bond acceptors (Lipinski definition) is 5. The second-order valence-corrected chi connectivity index (χ2v) is 6.96. The predicted octanol–water partition coefficient (Wildman–Crippen LogP) is 1.61. The maximum Gasteiger partial charge on any atom is 0.225 e. The molecule has 0 aliphatic carbocycles. The third kappa shape index (κ3) is 2.97. The normalized spacial score (nSPS) is 28.3. The smallest absolute Gasteiger partial charge is 0.225 e. The summed E-state index contributed by atoms with van der Waals surface area (Å²) in [6, 6.07) is 0.468. The van der Waals surface area contributed by atoms with Crippen molar-refractivity contribution in [1.29, 1.82) is 0 Å². The molecule has 0 unspecified atom stereocenters. The van der Waals surface area contributed by atoms with Gasteiger partial charge in [0.1, 0.15) is 0 Å². The highest BCUT2D eigenvalue weighted by Gasteiger charge is 2.44. The summed E-state index contributed by atoms with van der Waals surface area (Å²) in [4.78, 5) is 25.0. The number of rotatable bonds is 3. The first-order chi connectivity index (χ1) is 11.7. The molecule has 1 amide bonds. The van der Waals surface area contributed by atoms with Gasteiger partial charge in [0.25, 0.3) is 0 Å². The number of fused-ring (bicyclic) bond motifs is 1. The number of amides is 1. The van der Waals surface area contributed by atoms with Crippen LogP contribution >= 0.6 is 0 Å². The van der Waals surface area contributed by atoms with Crippen LogP contribution in [-0.4, -0.2) is 59.2 Å². The molecule has 3 saturated heterocycles. The van der Waals surface area contributed by atoms with Gasteiger partial charge in [-0.05, 0) is 31.6 Å². The predicted molar refractivity (Wildman–Crippen MR) is 86.0 cm³/mol. The summed E-state index contributed by atoms with van der Waals surface area (Å²) >= 11 is 0. The monoisotopic (exact) mass is 334 g/mol. The highest BCUT2D eigenvalue weighted by Crippen LogP contribution is 2.34. The van der Waals surface area contributed by atoms with E-state index < -0.39 is 5.82 Å². The minimum atomic E-state index is -0.422. The van der Waals surface area contributed by atoms with Crippen molar-refractivity contribution in [1.82, 2.24) is 14.9 Å². The Morgan fingerprint density at radius 1 is 1.12 bits per heavy atom. The Morgan fingerprint density at radius 3 is 2.62 bits per heavy atom.